The minimum Gasteiger partial charge on any atom is -0.497 e. The molecule has 0 atom stereocenters. The third-order valence-corrected chi connectivity index (χ3v) is 6.42. The molecule has 0 unspecified atom stereocenters. The number of hydrogen-bond donors (Lipinski definition) is 0. The average molecular weight is 364 g/mol. The Balaban J connectivity index is 1.60. The Morgan fingerprint density at radius 1 is 0.821 bits per heavy atom. The van der Waals surface area contributed by atoms with Crippen molar-refractivity contribution in [1.82, 2.24) is 0 Å². The first kappa shape index (κ1) is 15.8. The second-order valence-corrected chi connectivity index (χ2v) is 7.77. The fourth-order valence-electron chi connectivity index (χ4n) is 5.11. The lowest BCUT2D eigenvalue weighted by molar-refractivity contribution is 0.219. The summed E-state index contributed by atoms with van der Waals surface area (Å²) in [5.74, 6) is 1.89. The topological polar surface area (TPSA) is 18.5 Å². The predicted octanol–water partition coefficient (Wildman–Crippen LogP) is 5.75. The molecule has 0 radical (unpaired) electrons. The lowest BCUT2D eigenvalue weighted by Crippen LogP contribution is -2.38. The average Bonchev–Trinajstić information content (AvgIpc) is 3.03. The van der Waals surface area contributed by atoms with Gasteiger partial charge in [0.15, 0.2) is 0 Å². The van der Waals surface area contributed by atoms with Crippen molar-refractivity contribution in [2.24, 2.45) is 0 Å². The maximum Gasteiger partial charge on any atom is 0.123 e. The van der Waals surface area contributed by atoms with Crippen molar-refractivity contribution in [3.05, 3.63) is 95.6 Å². The summed E-state index contributed by atoms with van der Waals surface area (Å²) in [5.41, 5.74) is 6.60. The predicted molar refractivity (Wildman–Crippen MR) is 112 cm³/mol. The zero-order chi connectivity index (χ0) is 18.7. The third kappa shape index (κ3) is 1.98. The highest BCUT2D eigenvalue weighted by atomic mass is 16.5. The molecule has 0 fully saturated rings. The highest BCUT2D eigenvalue weighted by molar-refractivity contribution is 5.90. The zero-order valence-electron chi connectivity index (χ0n) is 15.7. The van der Waals surface area contributed by atoms with Crippen molar-refractivity contribution in [1.29, 1.82) is 0 Å². The van der Waals surface area contributed by atoms with Crippen molar-refractivity contribution in [2.75, 3.05) is 13.7 Å². The van der Waals surface area contributed by atoms with Gasteiger partial charge < -0.3 is 9.47 Å². The van der Waals surface area contributed by atoms with Gasteiger partial charge in [-0.05, 0) is 57.6 Å². The molecule has 0 N–H and O–H groups in total. The van der Waals surface area contributed by atoms with Crippen molar-refractivity contribution in [3.8, 4) is 22.6 Å². The van der Waals surface area contributed by atoms with Crippen LogP contribution in [0.1, 0.15) is 16.7 Å². The van der Waals surface area contributed by atoms with E-state index in [9.17, 15) is 0 Å². The fraction of sp³-hybridized carbons (Fsp3) is 0.154. The summed E-state index contributed by atoms with van der Waals surface area (Å²) in [6, 6.07) is 28.2. The molecule has 4 aromatic rings. The van der Waals surface area contributed by atoms with Gasteiger partial charge in [-0.25, -0.2) is 0 Å². The summed E-state index contributed by atoms with van der Waals surface area (Å²) in [7, 11) is 1.71. The van der Waals surface area contributed by atoms with Gasteiger partial charge in [0.1, 0.15) is 18.1 Å². The van der Waals surface area contributed by atoms with Crippen LogP contribution < -0.4 is 9.47 Å². The minimum atomic E-state index is -0.131. The summed E-state index contributed by atoms with van der Waals surface area (Å²) in [5, 5.41) is 2.44. The molecule has 2 heteroatoms. The molecule has 0 saturated carbocycles. The molecule has 0 bridgehead atoms. The number of methoxy groups -OCH3 is 1. The Labute approximate surface area is 164 Å². The molecule has 6 rings (SSSR count). The van der Waals surface area contributed by atoms with E-state index in [0.29, 0.717) is 6.61 Å². The van der Waals surface area contributed by atoms with E-state index in [1.807, 2.05) is 6.07 Å². The molecular formula is C26H20O2. The van der Waals surface area contributed by atoms with E-state index in [0.717, 1.165) is 17.9 Å². The summed E-state index contributed by atoms with van der Waals surface area (Å²) in [6.07, 6.45) is 0.944. The Morgan fingerprint density at radius 3 is 2.25 bits per heavy atom. The van der Waals surface area contributed by atoms with Crippen molar-refractivity contribution in [2.45, 2.75) is 11.8 Å². The molecule has 28 heavy (non-hydrogen) atoms. The fourth-order valence-corrected chi connectivity index (χ4v) is 5.11. The van der Waals surface area contributed by atoms with Crippen LogP contribution in [0, 0.1) is 0 Å². The molecule has 4 aromatic carbocycles. The van der Waals surface area contributed by atoms with Crippen LogP contribution in [-0.2, 0) is 11.8 Å². The standard InChI is InChI=1S/C26H20O2/c1-27-18-11-12-19-17(14-18)10-13-25-22(19)15-26(16-28-25)23-8-4-2-6-20(23)21-7-3-5-9-24(21)26/h2-14H,15-16H2,1H3. The van der Waals surface area contributed by atoms with Crippen molar-refractivity contribution >= 4 is 10.8 Å². The van der Waals surface area contributed by atoms with E-state index in [2.05, 4.69) is 72.8 Å². The Kier molecular flexibility index (Phi) is 3.16. The van der Waals surface area contributed by atoms with Crippen LogP contribution in [0.3, 0.4) is 0 Å². The van der Waals surface area contributed by atoms with Gasteiger partial charge >= 0.3 is 0 Å². The molecule has 1 aliphatic carbocycles. The lowest BCUT2D eigenvalue weighted by Gasteiger charge is -2.37. The smallest absolute Gasteiger partial charge is 0.123 e. The van der Waals surface area contributed by atoms with Gasteiger partial charge in [-0.1, -0.05) is 60.7 Å². The van der Waals surface area contributed by atoms with Gasteiger partial charge in [-0.15, -0.1) is 0 Å². The lowest BCUT2D eigenvalue weighted by atomic mass is 9.72. The van der Waals surface area contributed by atoms with Crippen LogP contribution in [0.5, 0.6) is 11.5 Å². The molecule has 0 saturated heterocycles. The van der Waals surface area contributed by atoms with Crippen LogP contribution >= 0.6 is 0 Å². The second kappa shape index (κ2) is 5.62. The molecule has 2 aliphatic rings. The van der Waals surface area contributed by atoms with Crippen LogP contribution in [0.2, 0.25) is 0 Å². The highest BCUT2D eigenvalue weighted by Gasteiger charge is 2.46. The SMILES string of the molecule is COc1ccc2c3c(ccc2c1)OCC1(C3)c2ccccc2-c2ccccc21. The molecule has 0 aromatic heterocycles. The number of fused-ring (bicyclic) bond motifs is 8. The normalized spacial score (nSPS) is 15.6. The summed E-state index contributed by atoms with van der Waals surface area (Å²) < 4.78 is 11.8. The Hall–Kier alpha value is -3.26. The van der Waals surface area contributed by atoms with Crippen molar-refractivity contribution in [3.63, 3.8) is 0 Å². The van der Waals surface area contributed by atoms with Gasteiger partial charge in [0, 0.05) is 5.56 Å². The minimum absolute atomic E-state index is 0.131. The largest absolute Gasteiger partial charge is 0.497 e. The quantitative estimate of drug-likeness (QED) is 0.428. The Bertz CT molecular complexity index is 1190. The van der Waals surface area contributed by atoms with Gasteiger partial charge in [0.05, 0.1) is 12.5 Å². The first-order valence-corrected chi connectivity index (χ1v) is 9.72. The molecule has 2 nitrogen and oxygen atoms in total. The number of hydrogen-bond acceptors (Lipinski definition) is 2. The molecule has 1 spiro atoms. The van der Waals surface area contributed by atoms with Gasteiger partial charge in [-0.2, -0.15) is 0 Å². The van der Waals surface area contributed by atoms with Gasteiger partial charge in [0.2, 0.25) is 0 Å². The van der Waals surface area contributed by atoms with E-state index < -0.39 is 0 Å². The van der Waals surface area contributed by atoms with E-state index in [-0.39, 0.29) is 5.41 Å². The van der Waals surface area contributed by atoms with E-state index in [1.165, 1.54) is 38.6 Å². The highest BCUT2D eigenvalue weighted by Crippen LogP contribution is 2.53. The number of benzene rings is 4. The summed E-state index contributed by atoms with van der Waals surface area (Å²) in [4.78, 5) is 0. The molecule has 0 amide bonds. The summed E-state index contributed by atoms with van der Waals surface area (Å²) in [6.45, 7) is 0.676. The molecule has 1 aliphatic heterocycles. The van der Waals surface area contributed by atoms with Gasteiger partial charge in [0.25, 0.3) is 0 Å². The maximum absolute atomic E-state index is 6.41. The maximum atomic E-state index is 6.41. The van der Waals surface area contributed by atoms with E-state index in [4.69, 9.17) is 9.47 Å². The number of ether oxygens (including phenoxy) is 2. The Morgan fingerprint density at radius 2 is 1.54 bits per heavy atom. The van der Waals surface area contributed by atoms with Crippen LogP contribution in [0.4, 0.5) is 0 Å². The third-order valence-electron chi connectivity index (χ3n) is 6.42. The molecule has 136 valence electrons. The van der Waals surface area contributed by atoms with Crippen LogP contribution in [0.15, 0.2) is 78.9 Å². The monoisotopic (exact) mass is 364 g/mol. The molecular weight excluding hydrogens is 344 g/mol. The first-order chi connectivity index (χ1) is 13.8. The van der Waals surface area contributed by atoms with Crippen LogP contribution in [-0.4, -0.2) is 13.7 Å². The van der Waals surface area contributed by atoms with E-state index in [1.54, 1.807) is 7.11 Å². The number of rotatable bonds is 1. The van der Waals surface area contributed by atoms with Gasteiger partial charge in [-0.3, -0.25) is 0 Å². The summed E-state index contributed by atoms with van der Waals surface area (Å²) >= 11 is 0. The zero-order valence-corrected chi connectivity index (χ0v) is 15.7. The van der Waals surface area contributed by atoms with Crippen LogP contribution in [0.25, 0.3) is 21.9 Å². The van der Waals surface area contributed by atoms with E-state index >= 15 is 0 Å². The van der Waals surface area contributed by atoms with Crippen molar-refractivity contribution < 1.29 is 9.47 Å². The second-order valence-electron chi connectivity index (χ2n) is 7.77. The first-order valence-electron chi connectivity index (χ1n) is 9.72. The molecule has 1 heterocycles.